The van der Waals surface area contributed by atoms with E-state index in [2.05, 4.69) is 64.7 Å². The van der Waals surface area contributed by atoms with Gasteiger partial charge in [0.1, 0.15) is 5.75 Å². The van der Waals surface area contributed by atoms with E-state index in [-0.39, 0.29) is 11.5 Å². The molecule has 0 amide bonds. The second-order valence-corrected chi connectivity index (χ2v) is 7.51. The number of carbonyl (C=O) groups is 1. The number of pyridine rings is 1. The number of aromatic nitrogens is 1. The maximum Gasteiger partial charge on any atom is 0.337 e. The first-order chi connectivity index (χ1) is 14.6. The molecule has 2 aromatic carbocycles. The topological polar surface area (TPSA) is 74.7 Å². The van der Waals surface area contributed by atoms with Crippen LogP contribution < -0.4 is 15.0 Å². The van der Waals surface area contributed by atoms with Crippen molar-refractivity contribution in [1.82, 2.24) is 4.98 Å². The Bertz CT molecular complexity index is 1020. The van der Waals surface area contributed by atoms with Gasteiger partial charge in [0.25, 0.3) is 0 Å². The standard InChI is InChI=1S/C24H25N3O3/c1-27(16-17-5-3-2-4-6-17)19-7-8-20-18(10-12-30-23(20)13-19)14-26-22-15-25-11-9-21(22)24(28)29/h2-9,11,13,15,18,26H,10,12,14,16H2,1H3,(H,28,29). The molecular formula is C24H25N3O3. The number of hydrogen-bond donors (Lipinski definition) is 2. The molecule has 4 rings (SSSR count). The Labute approximate surface area is 176 Å². The molecule has 2 heterocycles. The monoisotopic (exact) mass is 403 g/mol. The summed E-state index contributed by atoms with van der Waals surface area (Å²) in [5, 5.41) is 12.6. The van der Waals surface area contributed by atoms with Crippen LogP contribution in [0.3, 0.4) is 0 Å². The van der Waals surface area contributed by atoms with Crippen LogP contribution in [0, 0.1) is 0 Å². The average Bonchev–Trinajstić information content (AvgIpc) is 2.78. The van der Waals surface area contributed by atoms with Crippen molar-refractivity contribution in [2.75, 3.05) is 30.4 Å². The van der Waals surface area contributed by atoms with E-state index in [9.17, 15) is 9.90 Å². The smallest absolute Gasteiger partial charge is 0.337 e. The van der Waals surface area contributed by atoms with Gasteiger partial charge in [-0.15, -0.1) is 0 Å². The molecule has 1 unspecified atom stereocenters. The SMILES string of the molecule is CN(Cc1ccccc1)c1ccc2c(c1)OCCC2CNc1cnccc1C(=O)O. The Morgan fingerprint density at radius 3 is 2.87 bits per heavy atom. The van der Waals surface area contributed by atoms with Crippen LogP contribution in [0.25, 0.3) is 0 Å². The third-order valence-electron chi connectivity index (χ3n) is 5.45. The van der Waals surface area contributed by atoms with Crippen LogP contribution in [0.4, 0.5) is 11.4 Å². The summed E-state index contributed by atoms with van der Waals surface area (Å²) >= 11 is 0. The van der Waals surface area contributed by atoms with E-state index >= 15 is 0 Å². The van der Waals surface area contributed by atoms with Gasteiger partial charge in [-0.1, -0.05) is 36.4 Å². The van der Waals surface area contributed by atoms with E-state index in [1.807, 2.05) is 6.07 Å². The summed E-state index contributed by atoms with van der Waals surface area (Å²) in [5.41, 5.74) is 4.27. The zero-order valence-corrected chi connectivity index (χ0v) is 16.9. The number of rotatable bonds is 7. The van der Waals surface area contributed by atoms with E-state index in [1.165, 1.54) is 17.8 Å². The van der Waals surface area contributed by atoms with E-state index in [4.69, 9.17) is 4.74 Å². The van der Waals surface area contributed by atoms with Gasteiger partial charge in [0, 0.05) is 44.0 Å². The fourth-order valence-electron chi connectivity index (χ4n) is 3.80. The summed E-state index contributed by atoms with van der Waals surface area (Å²) < 4.78 is 5.95. The van der Waals surface area contributed by atoms with Crippen LogP contribution in [-0.2, 0) is 6.54 Å². The van der Waals surface area contributed by atoms with Crippen molar-refractivity contribution in [1.29, 1.82) is 0 Å². The number of hydrogen-bond acceptors (Lipinski definition) is 5. The largest absolute Gasteiger partial charge is 0.493 e. The first-order valence-corrected chi connectivity index (χ1v) is 10.0. The number of nitrogens with one attached hydrogen (secondary N) is 1. The predicted octanol–water partition coefficient (Wildman–Crippen LogP) is 4.39. The van der Waals surface area contributed by atoms with Gasteiger partial charge in [-0.25, -0.2) is 4.79 Å². The quantitative estimate of drug-likeness (QED) is 0.609. The molecule has 0 radical (unpaired) electrons. The highest BCUT2D eigenvalue weighted by atomic mass is 16.5. The molecule has 6 heteroatoms. The van der Waals surface area contributed by atoms with Crippen molar-refractivity contribution in [2.24, 2.45) is 0 Å². The van der Waals surface area contributed by atoms with Crippen molar-refractivity contribution >= 4 is 17.3 Å². The fraction of sp³-hybridized carbons (Fsp3) is 0.250. The maximum atomic E-state index is 11.4. The van der Waals surface area contributed by atoms with Crippen molar-refractivity contribution in [2.45, 2.75) is 18.9 Å². The minimum atomic E-state index is -0.960. The van der Waals surface area contributed by atoms with Gasteiger partial charge in [0.05, 0.1) is 24.1 Å². The highest BCUT2D eigenvalue weighted by Gasteiger charge is 2.23. The maximum absolute atomic E-state index is 11.4. The van der Waals surface area contributed by atoms with E-state index in [0.717, 1.165) is 30.0 Å². The molecule has 1 atom stereocenters. The summed E-state index contributed by atoms with van der Waals surface area (Å²) in [6.45, 7) is 2.09. The minimum Gasteiger partial charge on any atom is -0.493 e. The number of nitrogens with zero attached hydrogens (tertiary/aromatic N) is 2. The molecule has 1 aliphatic heterocycles. The second kappa shape index (κ2) is 8.86. The van der Waals surface area contributed by atoms with Gasteiger partial charge in [0.2, 0.25) is 0 Å². The molecule has 6 nitrogen and oxygen atoms in total. The lowest BCUT2D eigenvalue weighted by atomic mass is 9.92. The van der Waals surface area contributed by atoms with E-state index < -0.39 is 5.97 Å². The molecule has 0 saturated heterocycles. The summed E-state index contributed by atoms with van der Waals surface area (Å²) in [6, 6.07) is 18.2. The Morgan fingerprint density at radius 1 is 1.23 bits per heavy atom. The second-order valence-electron chi connectivity index (χ2n) is 7.51. The van der Waals surface area contributed by atoms with Gasteiger partial charge < -0.3 is 20.1 Å². The number of aromatic carboxylic acids is 1. The minimum absolute atomic E-state index is 0.232. The van der Waals surface area contributed by atoms with Crippen molar-refractivity contribution in [3.8, 4) is 5.75 Å². The summed E-state index contributed by atoms with van der Waals surface area (Å²) in [4.78, 5) is 17.7. The van der Waals surface area contributed by atoms with Crippen LogP contribution >= 0.6 is 0 Å². The normalized spacial score (nSPS) is 15.0. The van der Waals surface area contributed by atoms with Gasteiger partial charge in [0.15, 0.2) is 0 Å². The number of fused-ring (bicyclic) bond motifs is 1. The van der Waals surface area contributed by atoms with Gasteiger partial charge in [-0.2, -0.15) is 0 Å². The molecule has 3 aromatic rings. The Balaban J connectivity index is 1.47. The van der Waals surface area contributed by atoms with Crippen LogP contribution in [0.5, 0.6) is 5.75 Å². The van der Waals surface area contributed by atoms with Crippen LogP contribution in [0.15, 0.2) is 67.0 Å². The molecule has 0 bridgehead atoms. The Hall–Kier alpha value is -3.54. The number of carboxylic acid groups (broad SMARTS) is 1. The first-order valence-electron chi connectivity index (χ1n) is 10.0. The molecule has 1 aromatic heterocycles. The molecule has 0 saturated carbocycles. The van der Waals surface area contributed by atoms with Crippen molar-refractivity contribution < 1.29 is 14.6 Å². The lowest BCUT2D eigenvalue weighted by Crippen LogP contribution is -2.22. The average molecular weight is 403 g/mol. The summed E-state index contributed by atoms with van der Waals surface area (Å²) in [6.07, 6.45) is 3.93. The third-order valence-corrected chi connectivity index (χ3v) is 5.45. The van der Waals surface area contributed by atoms with Crippen molar-refractivity contribution in [3.63, 3.8) is 0 Å². The third kappa shape index (κ3) is 4.38. The molecule has 0 spiro atoms. The zero-order chi connectivity index (χ0) is 20.9. The van der Waals surface area contributed by atoms with Crippen LogP contribution in [-0.4, -0.2) is 36.3 Å². The molecule has 0 fully saturated rings. The lowest BCUT2D eigenvalue weighted by molar-refractivity contribution is 0.0697. The van der Waals surface area contributed by atoms with Gasteiger partial charge in [-0.05, 0) is 29.7 Å². The molecule has 30 heavy (non-hydrogen) atoms. The van der Waals surface area contributed by atoms with Gasteiger partial charge in [-0.3, -0.25) is 4.98 Å². The molecule has 2 N–H and O–H groups in total. The number of carboxylic acids is 1. The fourth-order valence-corrected chi connectivity index (χ4v) is 3.80. The predicted molar refractivity (Wildman–Crippen MR) is 118 cm³/mol. The highest BCUT2D eigenvalue weighted by molar-refractivity contribution is 5.93. The lowest BCUT2D eigenvalue weighted by Gasteiger charge is -2.28. The van der Waals surface area contributed by atoms with Gasteiger partial charge >= 0.3 is 5.97 Å². The van der Waals surface area contributed by atoms with Crippen LogP contribution in [0.2, 0.25) is 0 Å². The Kier molecular flexibility index (Phi) is 5.84. The molecule has 154 valence electrons. The number of benzene rings is 2. The molecule has 0 aliphatic carbocycles. The zero-order valence-electron chi connectivity index (χ0n) is 16.9. The Morgan fingerprint density at radius 2 is 2.07 bits per heavy atom. The van der Waals surface area contributed by atoms with Crippen molar-refractivity contribution in [3.05, 3.63) is 83.7 Å². The molecular weight excluding hydrogens is 378 g/mol. The van der Waals surface area contributed by atoms with E-state index in [0.29, 0.717) is 18.8 Å². The van der Waals surface area contributed by atoms with Crippen LogP contribution in [0.1, 0.15) is 33.8 Å². The summed E-state index contributed by atoms with van der Waals surface area (Å²) in [7, 11) is 2.08. The first kappa shape index (κ1) is 19.8. The van der Waals surface area contributed by atoms with E-state index in [1.54, 1.807) is 6.20 Å². The summed E-state index contributed by atoms with van der Waals surface area (Å²) in [5.74, 6) is 0.178. The number of anilines is 2. The molecule has 1 aliphatic rings. The highest BCUT2D eigenvalue weighted by Crippen LogP contribution is 2.36. The number of ether oxygens (including phenoxy) is 1.